The molecule has 2 rings (SSSR count). The summed E-state index contributed by atoms with van der Waals surface area (Å²) in [5.41, 5.74) is 0.715. The van der Waals surface area contributed by atoms with Crippen LogP contribution in [0.4, 0.5) is 11.4 Å². The number of hydrogen-bond acceptors (Lipinski definition) is 6. The molecule has 0 aliphatic carbocycles. The number of anilines is 1. The molecule has 0 radical (unpaired) electrons. The van der Waals surface area contributed by atoms with E-state index in [2.05, 4.69) is 11.9 Å². The average Bonchev–Trinajstić information content (AvgIpc) is 2.71. The zero-order valence-electron chi connectivity index (χ0n) is 15.2. The summed E-state index contributed by atoms with van der Waals surface area (Å²) >= 11 is 5.89. The second-order valence-electron chi connectivity index (χ2n) is 5.58. The van der Waals surface area contributed by atoms with Crippen LogP contribution in [-0.4, -0.2) is 30.0 Å². The highest BCUT2D eigenvalue weighted by Gasteiger charge is 2.12. The van der Waals surface area contributed by atoms with E-state index in [9.17, 15) is 19.7 Å². The molecule has 150 valence electrons. The van der Waals surface area contributed by atoms with Gasteiger partial charge >= 0.3 is 5.97 Å². The van der Waals surface area contributed by atoms with Crippen molar-refractivity contribution < 1.29 is 24.0 Å². The quantitative estimate of drug-likeness (QED) is 0.217. The van der Waals surface area contributed by atoms with E-state index in [0.717, 1.165) is 11.6 Å². The van der Waals surface area contributed by atoms with Gasteiger partial charge in [0.15, 0.2) is 6.61 Å². The monoisotopic (exact) mass is 416 g/mol. The third-order valence-electron chi connectivity index (χ3n) is 3.44. The summed E-state index contributed by atoms with van der Waals surface area (Å²) in [5.74, 6) is -0.667. The van der Waals surface area contributed by atoms with E-state index in [1.807, 2.05) is 0 Å². The van der Waals surface area contributed by atoms with Gasteiger partial charge in [-0.3, -0.25) is 14.9 Å². The second kappa shape index (κ2) is 10.6. The molecule has 0 fully saturated rings. The van der Waals surface area contributed by atoms with Crippen molar-refractivity contribution in [1.29, 1.82) is 0 Å². The largest absolute Gasteiger partial charge is 0.490 e. The number of rotatable bonds is 9. The lowest BCUT2D eigenvalue weighted by Gasteiger charge is -2.07. The van der Waals surface area contributed by atoms with E-state index < -0.39 is 23.4 Å². The molecule has 0 aliphatic heterocycles. The molecule has 0 spiro atoms. The molecule has 0 saturated carbocycles. The number of benzene rings is 2. The van der Waals surface area contributed by atoms with Gasteiger partial charge in [-0.05, 0) is 29.8 Å². The molecule has 0 saturated heterocycles. The predicted molar refractivity (Wildman–Crippen MR) is 109 cm³/mol. The van der Waals surface area contributed by atoms with Crippen LogP contribution in [0.25, 0.3) is 6.08 Å². The lowest BCUT2D eigenvalue weighted by atomic mass is 10.2. The molecule has 0 heterocycles. The number of ether oxygens (including phenoxy) is 2. The molecule has 0 unspecified atom stereocenters. The Morgan fingerprint density at radius 3 is 2.55 bits per heavy atom. The number of amides is 1. The normalized spacial score (nSPS) is 10.4. The summed E-state index contributed by atoms with van der Waals surface area (Å²) in [7, 11) is 0. The molecule has 9 heteroatoms. The molecular formula is C20H17ClN2O6. The van der Waals surface area contributed by atoms with Gasteiger partial charge in [-0.1, -0.05) is 36.4 Å². The summed E-state index contributed by atoms with van der Waals surface area (Å²) in [6.45, 7) is 3.42. The molecule has 0 aliphatic rings. The van der Waals surface area contributed by atoms with Crippen LogP contribution in [0.5, 0.6) is 5.75 Å². The first-order chi connectivity index (χ1) is 13.9. The van der Waals surface area contributed by atoms with Gasteiger partial charge in [-0.15, -0.1) is 0 Å². The maximum atomic E-state index is 11.9. The number of carbonyl (C=O) groups excluding carboxylic acids is 2. The predicted octanol–water partition coefficient (Wildman–Crippen LogP) is 4.01. The molecule has 0 aromatic heterocycles. The third kappa shape index (κ3) is 7.11. The number of nitro groups is 1. The van der Waals surface area contributed by atoms with Crippen molar-refractivity contribution in [2.45, 2.75) is 0 Å². The summed E-state index contributed by atoms with van der Waals surface area (Å²) in [6.07, 6.45) is 4.35. The van der Waals surface area contributed by atoms with Crippen molar-refractivity contribution in [3.05, 3.63) is 81.9 Å². The van der Waals surface area contributed by atoms with Crippen molar-refractivity contribution in [3.8, 4) is 5.75 Å². The van der Waals surface area contributed by atoms with Crippen LogP contribution in [0.15, 0.2) is 61.2 Å². The summed E-state index contributed by atoms with van der Waals surface area (Å²) in [5, 5.41) is 13.1. The van der Waals surface area contributed by atoms with Crippen LogP contribution in [0.1, 0.15) is 5.56 Å². The number of carbonyl (C=O) groups is 2. The Balaban J connectivity index is 1.82. The highest BCUT2D eigenvalue weighted by molar-refractivity contribution is 6.34. The van der Waals surface area contributed by atoms with Crippen LogP contribution in [0.3, 0.4) is 0 Å². The summed E-state index contributed by atoms with van der Waals surface area (Å²) < 4.78 is 10.2. The minimum atomic E-state index is -0.707. The number of esters is 1. The standard InChI is InChI=1S/C20H17ClN2O6/c1-2-11-28-16-7-3-14(4-8-16)5-10-20(25)29-13-19(24)22-18-9-6-15(23(26)27)12-17(18)21/h2-10,12H,1,11,13H2,(H,22,24)/b10-5+. The van der Waals surface area contributed by atoms with E-state index in [-0.39, 0.29) is 16.4 Å². The lowest BCUT2D eigenvalue weighted by Crippen LogP contribution is -2.20. The molecule has 2 aromatic rings. The molecule has 1 amide bonds. The molecule has 0 atom stereocenters. The molecule has 8 nitrogen and oxygen atoms in total. The van der Waals surface area contributed by atoms with Crippen molar-refractivity contribution in [2.24, 2.45) is 0 Å². The highest BCUT2D eigenvalue weighted by atomic mass is 35.5. The van der Waals surface area contributed by atoms with Crippen molar-refractivity contribution in [1.82, 2.24) is 0 Å². The van der Waals surface area contributed by atoms with Crippen molar-refractivity contribution >= 4 is 40.9 Å². The average molecular weight is 417 g/mol. The van der Waals surface area contributed by atoms with Gasteiger partial charge in [0.1, 0.15) is 12.4 Å². The minimum absolute atomic E-state index is 0.000658. The molecule has 2 aromatic carbocycles. The van der Waals surface area contributed by atoms with Crippen LogP contribution in [0, 0.1) is 10.1 Å². The molecule has 29 heavy (non-hydrogen) atoms. The van der Waals surface area contributed by atoms with E-state index >= 15 is 0 Å². The van der Waals surface area contributed by atoms with E-state index in [4.69, 9.17) is 21.1 Å². The van der Waals surface area contributed by atoms with Crippen LogP contribution in [-0.2, 0) is 14.3 Å². The van der Waals surface area contributed by atoms with E-state index in [1.54, 1.807) is 30.3 Å². The number of nitro benzene ring substituents is 1. The van der Waals surface area contributed by atoms with Gasteiger partial charge in [0.05, 0.1) is 15.6 Å². The first-order valence-corrected chi connectivity index (χ1v) is 8.69. The Morgan fingerprint density at radius 2 is 1.93 bits per heavy atom. The van der Waals surface area contributed by atoms with Gasteiger partial charge in [-0.25, -0.2) is 4.79 Å². The van der Waals surface area contributed by atoms with Crippen molar-refractivity contribution in [3.63, 3.8) is 0 Å². The maximum absolute atomic E-state index is 11.9. The second-order valence-corrected chi connectivity index (χ2v) is 5.99. The fourth-order valence-electron chi connectivity index (χ4n) is 2.08. The molecule has 1 N–H and O–H groups in total. The first-order valence-electron chi connectivity index (χ1n) is 8.31. The topological polar surface area (TPSA) is 108 Å². The van der Waals surface area contributed by atoms with Gasteiger partial charge < -0.3 is 14.8 Å². The Morgan fingerprint density at radius 1 is 1.21 bits per heavy atom. The molecule has 0 bridgehead atoms. The zero-order valence-corrected chi connectivity index (χ0v) is 15.9. The third-order valence-corrected chi connectivity index (χ3v) is 3.76. The number of nitrogens with one attached hydrogen (secondary N) is 1. The Labute approximate surface area is 171 Å². The smallest absolute Gasteiger partial charge is 0.331 e. The maximum Gasteiger partial charge on any atom is 0.331 e. The van der Waals surface area contributed by atoms with Gasteiger partial charge in [0.2, 0.25) is 0 Å². The van der Waals surface area contributed by atoms with Gasteiger partial charge in [0, 0.05) is 18.2 Å². The molecular weight excluding hydrogens is 400 g/mol. The number of nitrogens with zero attached hydrogens (tertiary/aromatic N) is 1. The Kier molecular flexibility index (Phi) is 7.93. The lowest BCUT2D eigenvalue weighted by molar-refractivity contribution is -0.384. The number of hydrogen-bond donors (Lipinski definition) is 1. The Bertz CT molecular complexity index is 940. The minimum Gasteiger partial charge on any atom is -0.490 e. The fraction of sp³-hybridized carbons (Fsp3) is 0.100. The van der Waals surface area contributed by atoms with E-state index in [1.165, 1.54) is 24.3 Å². The van der Waals surface area contributed by atoms with Crippen LogP contribution < -0.4 is 10.1 Å². The van der Waals surface area contributed by atoms with Gasteiger partial charge in [0.25, 0.3) is 11.6 Å². The van der Waals surface area contributed by atoms with Gasteiger partial charge in [-0.2, -0.15) is 0 Å². The Hall–Kier alpha value is -3.65. The fourth-order valence-corrected chi connectivity index (χ4v) is 2.31. The highest BCUT2D eigenvalue weighted by Crippen LogP contribution is 2.26. The van der Waals surface area contributed by atoms with Crippen LogP contribution in [0.2, 0.25) is 5.02 Å². The van der Waals surface area contributed by atoms with E-state index in [0.29, 0.717) is 12.4 Å². The summed E-state index contributed by atoms with van der Waals surface area (Å²) in [4.78, 5) is 33.7. The zero-order chi connectivity index (χ0) is 21.2. The summed E-state index contributed by atoms with van der Waals surface area (Å²) in [6, 6.07) is 10.6. The van der Waals surface area contributed by atoms with Crippen molar-refractivity contribution in [2.75, 3.05) is 18.5 Å². The SMILES string of the molecule is C=CCOc1ccc(/C=C/C(=O)OCC(=O)Nc2ccc([N+](=O)[O-])cc2Cl)cc1. The number of non-ortho nitro benzene ring substituents is 1. The first kappa shape index (κ1) is 21.6. The number of halogens is 1. The van der Waals surface area contributed by atoms with Crippen LogP contribution >= 0.6 is 11.6 Å².